The summed E-state index contributed by atoms with van der Waals surface area (Å²) < 4.78 is 7.97. The van der Waals surface area contributed by atoms with Gasteiger partial charge in [0.1, 0.15) is 24.7 Å². The first-order valence-corrected chi connectivity index (χ1v) is 9.76. The molecule has 1 amide bonds. The van der Waals surface area contributed by atoms with Gasteiger partial charge in [-0.15, -0.1) is 0 Å². The van der Waals surface area contributed by atoms with Crippen molar-refractivity contribution in [1.29, 1.82) is 0 Å². The van der Waals surface area contributed by atoms with Gasteiger partial charge in [0.25, 0.3) is 0 Å². The molecule has 1 heterocycles. The van der Waals surface area contributed by atoms with Crippen LogP contribution < -0.4 is 10.1 Å². The van der Waals surface area contributed by atoms with Crippen LogP contribution in [0.2, 0.25) is 0 Å². The molecule has 0 unspecified atom stereocenters. The van der Waals surface area contributed by atoms with E-state index >= 15 is 0 Å². The summed E-state index contributed by atoms with van der Waals surface area (Å²) in [4.78, 5) is 17.2. The molecule has 0 aliphatic carbocycles. The van der Waals surface area contributed by atoms with E-state index in [2.05, 4.69) is 17.4 Å². The summed E-state index contributed by atoms with van der Waals surface area (Å²) in [5, 5.41) is 5.31. The Balaban J connectivity index is 1.59. The molecule has 0 atom stereocenters. The molecule has 0 saturated heterocycles. The number of hydrogen-bond donors (Lipinski definition) is 1. The van der Waals surface area contributed by atoms with Crippen LogP contribution in [-0.4, -0.2) is 21.0 Å². The van der Waals surface area contributed by atoms with Gasteiger partial charge in [0.05, 0.1) is 11.0 Å². The van der Waals surface area contributed by atoms with Crippen molar-refractivity contribution in [2.24, 2.45) is 0 Å². The van der Waals surface area contributed by atoms with Crippen LogP contribution in [0.1, 0.15) is 26.6 Å². The molecule has 4 aromatic rings. The fraction of sp³-hybridized carbons (Fsp3) is 0.250. The van der Waals surface area contributed by atoms with Crippen molar-refractivity contribution in [3.05, 3.63) is 72.6 Å². The molecular formula is C24H25N3O2. The number of carbonyl (C=O) groups is 1. The molecule has 0 saturated carbocycles. The minimum Gasteiger partial charge on any atom is -0.486 e. The van der Waals surface area contributed by atoms with Crippen molar-refractivity contribution >= 4 is 27.7 Å². The SMILES string of the molecule is CC(C)(C)NC(=O)Cn1c(COc2ccc3ccccc3c2)nc2ccccc21. The Morgan fingerprint density at radius 3 is 2.52 bits per heavy atom. The Morgan fingerprint density at radius 2 is 1.72 bits per heavy atom. The van der Waals surface area contributed by atoms with Crippen molar-refractivity contribution in [3.8, 4) is 5.75 Å². The standard InChI is InChI=1S/C24H25N3O2/c1-24(2,3)26-23(28)15-27-21-11-7-6-10-20(21)25-22(27)16-29-19-13-12-17-8-4-5-9-18(17)14-19/h4-14H,15-16H2,1-3H3,(H,26,28). The summed E-state index contributed by atoms with van der Waals surface area (Å²) in [7, 11) is 0. The first-order valence-electron chi connectivity index (χ1n) is 9.76. The molecule has 5 heteroatoms. The molecule has 0 bridgehead atoms. The number of imidazole rings is 1. The fourth-order valence-electron chi connectivity index (χ4n) is 3.42. The summed E-state index contributed by atoms with van der Waals surface area (Å²) in [5.41, 5.74) is 1.50. The Kier molecular flexibility index (Phi) is 4.97. The highest BCUT2D eigenvalue weighted by Crippen LogP contribution is 2.22. The summed E-state index contributed by atoms with van der Waals surface area (Å²) in [6, 6.07) is 22.0. The molecule has 4 rings (SSSR count). The summed E-state index contributed by atoms with van der Waals surface area (Å²) >= 11 is 0. The third-order valence-electron chi connectivity index (χ3n) is 4.64. The lowest BCUT2D eigenvalue weighted by Gasteiger charge is -2.21. The van der Waals surface area contributed by atoms with Crippen LogP contribution in [0.5, 0.6) is 5.75 Å². The van der Waals surface area contributed by atoms with Crippen molar-refractivity contribution in [2.45, 2.75) is 39.5 Å². The van der Waals surface area contributed by atoms with Crippen LogP contribution >= 0.6 is 0 Å². The molecule has 0 radical (unpaired) electrons. The van der Waals surface area contributed by atoms with Crippen molar-refractivity contribution in [3.63, 3.8) is 0 Å². The van der Waals surface area contributed by atoms with E-state index < -0.39 is 0 Å². The Morgan fingerprint density at radius 1 is 1.00 bits per heavy atom. The van der Waals surface area contributed by atoms with Gasteiger partial charge in [-0.25, -0.2) is 4.98 Å². The smallest absolute Gasteiger partial charge is 0.240 e. The highest BCUT2D eigenvalue weighted by molar-refractivity contribution is 5.84. The quantitative estimate of drug-likeness (QED) is 0.541. The molecule has 1 N–H and O–H groups in total. The number of para-hydroxylation sites is 2. The van der Waals surface area contributed by atoms with Crippen LogP contribution in [0.3, 0.4) is 0 Å². The zero-order chi connectivity index (χ0) is 20.4. The van der Waals surface area contributed by atoms with Gasteiger partial charge in [0, 0.05) is 5.54 Å². The van der Waals surface area contributed by atoms with Gasteiger partial charge in [0.2, 0.25) is 5.91 Å². The van der Waals surface area contributed by atoms with E-state index in [4.69, 9.17) is 9.72 Å². The Labute approximate surface area is 170 Å². The zero-order valence-electron chi connectivity index (χ0n) is 17.0. The summed E-state index contributed by atoms with van der Waals surface area (Å²) in [6.45, 7) is 6.41. The van der Waals surface area contributed by atoms with E-state index in [0.29, 0.717) is 0 Å². The highest BCUT2D eigenvalue weighted by atomic mass is 16.5. The van der Waals surface area contributed by atoms with Crippen LogP contribution in [0.4, 0.5) is 0 Å². The van der Waals surface area contributed by atoms with Crippen LogP contribution in [0, 0.1) is 0 Å². The fourth-order valence-corrected chi connectivity index (χ4v) is 3.42. The molecule has 0 spiro atoms. The van der Waals surface area contributed by atoms with Crippen LogP contribution in [0.15, 0.2) is 66.7 Å². The average molecular weight is 387 g/mol. The van der Waals surface area contributed by atoms with E-state index in [1.807, 2.05) is 79.9 Å². The summed E-state index contributed by atoms with van der Waals surface area (Å²) in [5.74, 6) is 1.46. The predicted molar refractivity (Wildman–Crippen MR) is 116 cm³/mol. The van der Waals surface area contributed by atoms with Gasteiger partial charge in [-0.2, -0.15) is 0 Å². The van der Waals surface area contributed by atoms with Crippen molar-refractivity contribution in [1.82, 2.24) is 14.9 Å². The largest absolute Gasteiger partial charge is 0.486 e. The maximum atomic E-state index is 12.5. The summed E-state index contributed by atoms with van der Waals surface area (Å²) in [6.07, 6.45) is 0. The molecule has 0 aliphatic heterocycles. The van der Waals surface area contributed by atoms with Gasteiger partial charge in [-0.1, -0.05) is 42.5 Å². The second kappa shape index (κ2) is 7.59. The Bertz CT molecular complexity index is 1170. The van der Waals surface area contributed by atoms with Crippen LogP contribution in [0.25, 0.3) is 21.8 Å². The lowest BCUT2D eigenvalue weighted by atomic mass is 10.1. The molecule has 1 aromatic heterocycles. The van der Waals surface area contributed by atoms with Gasteiger partial charge in [0.15, 0.2) is 0 Å². The molecule has 29 heavy (non-hydrogen) atoms. The van der Waals surface area contributed by atoms with E-state index in [9.17, 15) is 4.79 Å². The van der Waals surface area contributed by atoms with E-state index in [-0.39, 0.29) is 24.6 Å². The number of nitrogens with one attached hydrogen (secondary N) is 1. The number of amides is 1. The molecule has 5 nitrogen and oxygen atoms in total. The van der Waals surface area contributed by atoms with Gasteiger partial charge in [-0.05, 0) is 55.8 Å². The molecule has 0 fully saturated rings. The maximum Gasteiger partial charge on any atom is 0.240 e. The van der Waals surface area contributed by atoms with Gasteiger partial charge >= 0.3 is 0 Å². The van der Waals surface area contributed by atoms with Crippen molar-refractivity contribution < 1.29 is 9.53 Å². The second-order valence-corrected chi connectivity index (χ2v) is 8.20. The Hall–Kier alpha value is -3.34. The number of benzene rings is 3. The van der Waals surface area contributed by atoms with E-state index in [0.717, 1.165) is 28.0 Å². The molecule has 0 aliphatic rings. The number of ether oxygens (including phenoxy) is 1. The monoisotopic (exact) mass is 387 g/mol. The number of carbonyl (C=O) groups excluding carboxylic acids is 1. The lowest BCUT2D eigenvalue weighted by molar-refractivity contribution is -0.123. The van der Waals surface area contributed by atoms with Gasteiger partial charge < -0.3 is 14.6 Å². The number of nitrogens with zero attached hydrogens (tertiary/aromatic N) is 2. The first kappa shape index (κ1) is 19.0. The molecule has 148 valence electrons. The van der Waals surface area contributed by atoms with E-state index in [1.54, 1.807) is 0 Å². The average Bonchev–Trinajstić information content (AvgIpc) is 3.02. The number of fused-ring (bicyclic) bond motifs is 2. The normalized spacial score (nSPS) is 11.7. The number of rotatable bonds is 5. The minimum absolute atomic E-state index is 0.0485. The number of hydrogen-bond acceptors (Lipinski definition) is 3. The predicted octanol–water partition coefficient (Wildman–Crippen LogP) is 4.68. The third kappa shape index (κ3) is 4.40. The second-order valence-electron chi connectivity index (χ2n) is 8.20. The zero-order valence-corrected chi connectivity index (χ0v) is 17.0. The molecular weight excluding hydrogens is 362 g/mol. The highest BCUT2D eigenvalue weighted by Gasteiger charge is 2.18. The maximum absolute atomic E-state index is 12.5. The van der Waals surface area contributed by atoms with Gasteiger partial charge in [-0.3, -0.25) is 4.79 Å². The molecule has 3 aromatic carbocycles. The van der Waals surface area contributed by atoms with Crippen LogP contribution in [-0.2, 0) is 17.9 Å². The minimum atomic E-state index is -0.283. The third-order valence-corrected chi connectivity index (χ3v) is 4.64. The topological polar surface area (TPSA) is 56.2 Å². The lowest BCUT2D eigenvalue weighted by Crippen LogP contribution is -2.42. The van der Waals surface area contributed by atoms with Crippen molar-refractivity contribution in [2.75, 3.05) is 0 Å². The van der Waals surface area contributed by atoms with E-state index in [1.165, 1.54) is 5.39 Å². The number of aromatic nitrogens is 2. The first-order chi connectivity index (χ1) is 13.9.